The van der Waals surface area contributed by atoms with E-state index in [9.17, 15) is 22.4 Å². The first-order valence-corrected chi connectivity index (χ1v) is 4.20. The van der Waals surface area contributed by atoms with Crippen molar-refractivity contribution in [3.63, 3.8) is 0 Å². The van der Waals surface area contributed by atoms with Gasteiger partial charge in [-0.25, -0.2) is 4.39 Å². The third-order valence-electron chi connectivity index (χ3n) is 1.90. The van der Waals surface area contributed by atoms with Gasteiger partial charge >= 0.3 is 6.18 Å². The second kappa shape index (κ2) is 4.42. The average molecular weight is 220 g/mol. The van der Waals surface area contributed by atoms with Gasteiger partial charge < -0.3 is 4.79 Å². The minimum absolute atomic E-state index is 0.0788. The van der Waals surface area contributed by atoms with E-state index < -0.39 is 17.9 Å². The maximum absolute atomic E-state index is 13.1. The van der Waals surface area contributed by atoms with Crippen molar-refractivity contribution >= 4 is 6.29 Å². The normalized spacial score (nSPS) is 13.6. The molecule has 0 saturated heterocycles. The summed E-state index contributed by atoms with van der Waals surface area (Å²) in [6.45, 7) is 0. The zero-order valence-electron chi connectivity index (χ0n) is 7.59. The highest BCUT2D eigenvalue weighted by Crippen LogP contribution is 2.30. The van der Waals surface area contributed by atoms with Crippen molar-refractivity contribution in [2.24, 2.45) is 0 Å². The van der Waals surface area contributed by atoms with E-state index in [1.54, 1.807) is 0 Å². The number of hydrogen-bond acceptors (Lipinski definition) is 1. The molecule has 0 spiro atoms. The quantitative estimate of drug-likeness (QED) is 0.564. The molecule has 82 valence electrons. The summed E-state index contributed by atoms with van der Waals surface area (Å²) in [5.41, 5.74) is -0.750. The van der Waals surface area contributed by atoms with Crippen molar-refractivity contribution < 1.29 is 22.4 Å². The van der Waals surface area contributed by atoms with Gasteiger partial charge in [0.15, 0.2) is 0 Å². The molecule has 1 atom stereocenters. The SMILES string of the molecule is O=CCC(F)c1ccc(C(F)(F)F)cc1. The molecule has 1 aromatic rings. The molecule has 0 aliphatic heterocycles. The third-order valence-corrected chi connectivity index (χ3v) is 1.90. The molecule has 0 fully saturated rings. The van der Waals surface area contributed by atoms with Gasteiger partial charge in [0, 0.05) is 6.42 Å². The van der Waals surface area contributed by atoms with E-state index in [-0.39, 0.29) is 12.0 Å². The summed E-state index contributed by atoms with van der Waals surface area (Å²) in [6.07, 6.45) is -5.91. The molecule has 0 aliphatic carbocycles. The first-order valence-electron chi connectivity index (χ1n) is 4.20. The van der Waals surface area contributed by atoms with Crippen LogP contribution in [0.1, 0.15) is 23.7 Å². The van der Waals surface area contributed by atoms with Crippen molar-refractivity contribution in [1.82, 2.24) is 0 Å². The highest BCUT2D eigenvalue weighted by atomic mass is 19.4. The summed E-state index contributed by atoms with van der Waals surface area (Å²) in [5.74, 6) is 0. The van der Waals surface area contributed by atoms with Crippen LogP contribution in [-0.2, 0) is 11.0 Å². The average Bonchev–Trinajstić information content (AvgIpc) is 2.17. The molecule has 0 heterocycles. The van der Waals surface area contributed by atoms with E-state index >= 15 is 0 Å². The minimum Gasteiger partial charge on any atom is -0.303 e. The van der Waals surface area contributed by atoms with Crippen LogP contribution in [0, 0.1) is 0 Å². The Morgan fingerprint density at radius 1 is 1.20 bits per heavy atom. The van der Waals surface area contributed by atoms with E-state index in [0.29, 0.717) is 6.29 Å². The number of hydrogen-bond donors (Lipinski definition) is 0. The Morgan fingerprint density at radius 2 is 1.73 bits per heavy atom. The number of benzene rings is 1. The predicted octanol–water partition coefficient (Wildman–Crippen LogP) is 3.31. The molecule has 0 aliphatic rings. The highest BCUT2D eigenvalue weighted by molar-refractivity contribution is 5.51. The molecule has 1 unspecified atom stereocenters. The van der Waals surface area contributed by atoms with Gasteiger partial charge in [-0.3, -0.25) is 0 Å². The van der Waals surface area contributed by atoms with E-state index in [2.05, 4.69) is 0 Å². The Bertz CT molecular complexity index is 328. The smallest absolute Gasteiger partial charge is 0.303 e. The molecule has 15 heavy (non-hydrogen) atoms. The standard InChI is InChI=1S/C10H8F4O/c11-9(5-6-15)7-1-3-8(4-2-7)10(12,13)14/h1-4,6,9H,5H2. The van der Waals surface area contributed by atoms with Crippen LogP contribution in [0.3, 0.4) is 0 Å². The maximum Gasteiger partial charge on any atom is 0.416 e. The van der Waals surface area contributed by atoms with Crippen LogP contribution in [0.15, 0.2) is 24.3 Å². The van der Waals surface area contributed by atoms with Crippen molar-refractivity contribution in [2.45, 2.75) is 18.8 Å². The number of alkyl halides is 4. The fourth-order valence-corrected chi connectivity index (χ4v) is 1.10. The lowest BCUT2D eigenvalue weighted by Gasteiger charge is -2.08. The van der Waals surface area contributed by atoms with Gasteiger partial charge in [0.1, 0.15) is 12.5 Å². The van der Waals surface area contributed by atoms with E-state index in [4.69, 9.17) is 0 Å². The van der Waals surface area contributed by atoms with Crippen LogP contribution >= 0.6 is 0 Å². The Hall–Kier alpha value is -1.39. The van der Waals surface area contributed by atoms with Crippen LogP contribution in [0.25, 0.3) is 0 Å². The Balaban J connectivity index is 2.85. The van der Waals surface area contributed by atoms with Gasteiger partial charge in [-0.15, -0.1) is 0 Å². The second-order valence-electron chi connectivity index (χ2n) is 2.99. The van der Waals surface area contributed by atoms with Crippen molar-refractivity contribution in [3.05, 3.63) is 35.4 Å². The minimum atomic E-state index is -4.42. The summed E-state index contributed by atoms with van der Waals surface area (Å²) in [6, 6.07) is 3.67. The highest BCUT2D eigenvalue weighted by Gasteiger charge is 2.30. The largest absolute Gasteiger partial charge is 0.416 e. The molecule has 0 radical (unpaired) electrons. The molecule has 0 amide bonds. The van der Waals surface area contributed by atoms with Crippen molar-refractivity contribution in [2.75, 3.05) is 0 Å². The number of halogens is 4. The van der Waals surface area contributed by atoms with E-state index in [1.165, 1.54) is 0 Å². The van der Waals surface area contributed by atoms with Gasteiger partial charge in [-0.1, -0.05) is 12.1 Å². The number of carbonyl (C=O) groups is 1. The van der Waals surface area contributed by atoms with Crippen LogP contribution in [0.5, 0.6) is 0 Å². The van der Waals surface area contributed by atoms with Crippen molar-refractivity contribution in [1.29, 1.82) is 0 Å². The fourth-order valence-electron chi connectivity index (χ4n) is 1.10. The number of aldehydes is 1. The summed E-state index contributed by atoms with van der Waals surface area (Å²) in [4.78, 5) is 9.99. The summed E-state index contributed by atoms with van der Waals surface area (Å²) in [7, 11) is 0. The van der Waals surface area contributed by atoms with Gasteiger partial charge in [-0.05, 0) is 17.7 Å². The summed E-state index contributed by atoms with van der Waals surface area (Å²) in [5, 5.41) is 0. The van der Waals surface area contributed by atoms with Gasteiger partial charge in [0.25, 0.3) is 0 Å². The van der Waals surface area contributed by atoms with Gasteiger partial charge in [0.2, 0.25) is 0 Å². The Kier molecular flexibility index (Phi) is 3.44. The molecule has 1 nitrogen and oxygen atoms in total. The zero-order valence-corrected chi connectivity index (χ0v) is 7.59. The molecule has 1 rings (SSSR count). The Labute approximate surface area is 83.7 Å². The summed E-state index contributed by atoms with van der Waals surface area (Å²) < 4.78 is 49.4. The molecular weight excluding hydrogens is 212 g/mol. The Morgan fingerprint density at radius 3 is 2.13 bits per heavy atom. The monoisotopic (exact) mass is 220 g/mol. The number of rotatable bonds is 3. The van der Waals surface area contributed by atoms with Crippen LogP contribution in [0.2, 0.25) is 0 Å². The lowest BCUT2D eigenvalue weighted by Crippen LogP contribution is -2.04. The maximum atomic E-state index is 13.1. The lowest BCUT2D eigenvalue weighted by atomic mass is 10.1. The molecular formula is C10H8F4O. The first-order chi connectivity index (χ1) is 6.95. The van der Waals surface area contributed by atoms with E-state index in [1.807, 2.05) is 0 Å². The van der Waals surface area contributed by atoms with Crippen LogP contribution in [-0.4, -0.2) is 6.29 Å². The third kappa shape index (κ3) is 3.04. The van der Waals surface area contributed by atoms with E-state index in [0.717, 1.165) is 24.3 Å². The number of carbonyl (C=O) groups excluding carboxylic acids is 1. The molecule has 0 aromatic heterocycles. The first kappa shape index (κ1) is 11.7. The predicted molar refractivity (Wildman–Crippen MR) is 46.0 cm³/mol. The van der Waals surface area contributed by atoms with Gasteiger partial charge in [-0.2, -0.15) is 13.2 Å². The molecule has 0 bridgehead atoms. The zero-order chi connectivity index (χ0) is 11.5. The molecule has 0 saturated carbocycles. The topological polar surface area (TPSA) is 17.1 Å². The lowest BCUT2D eigenvalue weighted by molar-refractivity contribution is -0.137. The fraction of sp³-hybridized carbons (Fsp3) is 0.300. The van der Waals surface area contributed by atoms with Crippen LogP contribution < -0.4 is 0 Å². The molecule has 0 N–H and O–H groups in total. The van der Waals surface area contributed by atoms with Crippen LogP contribution in [0.4, 0.5) is 17.6 Å². The van der Waals surface area contributed by atoms with Gasteiger partial charge in [0.05, 0.1) is 5.56 Å². The molecule has 5 heteroatoms. The second-order valence-corrected chi connectivity index (χ2v) is 2.99. The summed E-state index contributed by atoms with van der Waals surface area (Å²) >= 11 is 0. The molecule has 1 aromatic carbocycles. The van der Waals surface area contributed by atoms with Crippen molar-refractivity contribution in [3.8, 4) is 0 Å².